The molecule has 0 saturated carbocycles. The highest BCUT2D eigenvalue weighted by atomic mass is 16.6. The Kier molecular flexibility index (Phi) is 8.81. The first-order chi connectivity index (χ1) is 16.6. The number of amides is 1. The SMILES string of the molecule is CC(C)N(CC=Cc1cccc(C#N)c1)c1ccc(OC2CCN(C(=O)OC(C)(C)C)CC2)cc1. The van der Waals surface area contributed by atoms with E-state index >= 15 is 0 Å². The summed E-state index contributed by atoms with van der Waals surface area (Å²) in [5.74, 6) is 0.844. The minimum absolute atomic E-state index is 0.0906. The minimum Gasteiger partial charge on any atom is -0.490 e. The van der Waals surface area contributed by atoms with Gasteiger partial charge in [0.2, 0.25) is 0 Å². The Morgan fingerprint density at radius 1 is 1.17 bits per heavy atom. The van der Waals surface area contributed by atoms with Crippen LogP contribution in [0.3, 0.4) is 0 Å². The molecule has 0 unspecified atom stereocenters. The molecule has 0 atom stereocenters. The molecule has 6 nitrogen and oxygen atoms in total. The number of hydrogen-bond donors (Lipinski definition) is 0. The van der Waals surface area contributed by atoms with E-state index < -0.39 is 5.60 Å². The Morgan fingerprint density at radius 2 is 1.86 bits per heavy atom. The lowest BCUT2D eigenvalue weighted by Crippen LogP contribution is -2.44. The molecule has 186 valence electrons. The molecular weight excluding hydrogens is 438 g/mol. The van der Waals surface area contributed by atoms with Crippen LogP contribution in [-0.2, 0) is 4.74 Å². The number of carbonyl (C=O) groups is 1. The van der Waals surface area contributed by atoms with Gasteiger partial charge in [-0.2, -0.15) is 5.26 Å². The van der Waals surface area contributed by atoms with E-state index in [0.29, 0.717) is 24.7 Å². The summed E-state index contributed by atoms with van der Waals surface area (Å²) in [6.45, 7) is 12.0. The first kappa shape index (κ1) is 26.2. The van der Waals surface area contributed by atoms with E-state index in [4.69, 9.17) is 14.7 Å². The summed E-state index contributed by atoms with van der Waals surface area (Å²) >= 11 is 0. The van der Waals surface area contributed by atoms with E-state index in [-0.39, 0.29) is 12.2 Å². The van der Waals surface area contributed by atoms with Gasteiger partial charge in [0.25, 0.3) is 0 Å². The molecule has 1 saturated heterocycles. The average molecular weight is 476 g/mol. The zero-order chi connectivity index (χ0) is 25.4. The van der Waals surface area contributed by atoms with Crippen molar-refractivity contribution < 1.29 is 14.3 Å². The van der Waals surface area contributed by atoms with Crippen LogP contribution in [0.2, 0.25) is 0 Å². The molecule has 2 aromatic carbocycles. The second-order valence-corrected chi connectivity index (χ2v) is 10.2. The molecule has 0 radical (unpaired) electrons. The van der Waals surface area contributed by atoms with Gasteiger partial charge in [-0.3, -0.25) is 0 Å². The zero-order valence-electron chi connectivity index (χ0n) is 21.5. The second-order valence-electron chi connectivity index (χ2n) is 10.2. The zero-order valence-corrected chi connectivity index (χ0v) is 21.5. The molecular formula is C29H37N3O3. The van der Waals surface area contributed by atoms with E-state index in [1.165, 1.54) is 0 Å². The van der Waals surface area contributed by atoms with Gasteiger partial charge in [0.05, 0.1) is 11.6 Å². The number of likely N-dealkylation sites (tertiary alicyclic amines) is 1. The number of rotatable bonds is 7. The number of carbonyl (C=O) groups excluding carboxylic acids is 1. The standard InChI is InChI=1S/C29H37N3O3/c1-22(2)32(17-7-10-23-8-6-9-24(20-23)21-30)25-11-13-26(14-12-25)34-27-15-18-31(19-16-27)28(33)35-29(3,4)5/h6-14,20,22,27H,15-19H2,1-5H3. The van der Waals surface area contributed by atoms with Gasteiger partial charge in [0, 0.05) is 44.2 Å². The number of benzene rings is 2. The number of hydrogen-bond acceptors (Lipinski definition) is 5. The van der Waals surface area contributed by atoms with Crippen LogP contribution in [-0.4, -0.2) is 48.4 Å². The Balaban J connectivity index is 1.53. The molecule has 0 N–H and O–H groups in total. The third kappa shape index (κ3) is 8.06. The van der Waals surface area contributed by atoms with Crippen molar-refractivity contribution in [3.8, 4) is 11.8 Å². The van der Waals surface area contributed by atoms with Crippen molar-refractivity contribution in [3.63, 3.8) is 0 Å². The van der Waals surface area contributed by atoms with E-state index in [0.717, 1.165) is 36.4 Å². The summed E-state index contributed by atoms with van der Waals surface area (Å²) in [6.07, 6.45) is 5.60. The van der Waals surface area contributed by atoms with Crippen LogP contribution in [0.15, 0.2) is 54.6 Å². The lowest BCUT2D eigenvalue weighted by molar-refractivity contribution is 0.0126. The van der Waals surface area contributed by atoms with Gasteiger partial charge in [-0.05, 0) is 76.6 Å². The number of ether oxygens (including phenoxy) is 2. The summed E-state index contributed by atoms with van der Waals surface area (Å²) in [4.78, 5) is 16.3. The lowest BCUT2D eigenvalue weighted by atomic mass is 10.1. The van der Waals surface area contributed by atoms with Crippen molar-refractivity contribution >= 4 is 17.9 Å². The topological polar surface area (TPSA) is 65.8 Å². The maximum Gasteiger partial charge on any atom is 0.410 e. The Morgan fingerprint density at radius 3 is 2.46 bits per heavy atom. The van der Waals surface area contributed by atoms with Crippen LogP contribution in [0.25, 0.3) is 6.08 Å². The highest BCUT2D eigenvalue weighted by Gasteiger charge is 2.27. The van der Waals surface area contributed by atoms with E-state index in [2.05, 4.69) is 49.1 Å². The van der Waals surface area contributed by atoms with Crippen LogP contribution in [0, 0.1) is 11.3 Å². The van der Waals surface area contributed by atoms with Gasteiger partial charge in [0.1, 0.15) is 17.5 Å². The fourth-order valence-corrected chi connectivity index (χ4v) is 4.02. The second kappa shape index (κ2) is 11.8. The molecule has 1 fully saturated rings. The first-order valence-electron chi connectivity index (χ1n) is 12.3. The summed E-state index contributed by atoms with van der Waals surface area (Å²) in [5.41, 5.74) is 2.34. The molecule has 2 aromatic rings. The van der Waals surface area contributed by atoms with Gasteiger partial charge in [-0.25, -0.2) is 4.79 Å². The monoisotopic (exact) mass is 475 g/mol. The van der Waals surface area contributed by atoms with Crippen LogP contribution >= 0.6 is 0 Å². The molecule has 35 heavy (non-hydrogen) atoms. The minimum atomic E-state index is -0.478. The summed E-state index contributed by atoms with van der Waals surface area (Å²) in [5, 5.41) is 9.08. The van der Waals surface area contributed by atoms with Crippen molar-refractivity contribution in [1.82, 2.24) is 4.90 Å². The predicted octanol–water partition coefficient (Wildman–Crippen LogP) is 6.26. The van der Waals surface area contributed by atoms with Crippen LogP contribution in [0.4, 0.5) is 10.5 Å². The largest absolute Gasteiger partial charge is 0.490 e. The van der Waals surface area contributed by atoms with E-state index in [9.17, 15) is 4.79 Å². The molecule has 6 heteroatoms. The molecule has 1 amide bonds. The fourth-order valence-electron chi connectivity index (χ4n) is 4.02. The molecule has 1 heterocycles. The first-order valence-corrected chi connectivity index (χ1v) is 12.3. The highest BCUT2D eigenvalue weighted by Crippen LogP contribution is 2.25. The van der Waals surface area contributed by atoms with E-state index in [1.54, 1.807) is 4.90 Å². The number of nitrogens with zero attached hydrogens (tertiary/aromatic N) is 3. The summed E-state index contributed by atoms with van der Waals surface area (Å²) in [6, 6.07) is 18.3. The Hall–Kier alpha value is -3.46. The molecule has 0 aliphatic carbocycles. The molecule has 1 aliphatic heterocycles. The Labute approximate surface area is 209 Å². The normalized spacial score (nSPS) is 14.7. The molecule has 0 bridgehead atoms. The van der Waals surface area contributed by atoms with Crippen LogP contribution in [0.5, 0.6) is 5.75 Å². The van der Waals surface area contributed by atoms with Gasteiger partial charge in [-0.15, -0.1) is 0 Å². The third-order valence-corrected chi connectivity index (χ3v) is 5.82. The van der Waals surface area contributed by atoms with Crippen molar-refractivity contribution in [2.75, 3.05) is 24.5 Å². The van der Waals surface area contributed by atoms with Crippen molar-refractivity contribution in [2.45, 2.75) is 65.2 Å². The molecule has 0 spiro atoms. The van der Waals surface area contributed by atoms with Crippen LogP contribution < -0.4 is 9.64 Å². The molecule has 0 aromatic heterocycles. The third-order valence-electron chi connectivity index (χ3n) is 5.82. The van der Waals surface area contributed by atoms with E-state index in [1.807, 2.05) is 57.2 Å². The lowest BCUT2D eigenvalue weighted by Gasteiger charge is -2.33. The maximum absolute atomic E-state index is 12.3. The number of nitriles is 1. The predicted molar refractivity (Wildman–Crippen MR) is 141 cm³/mol. The smallest absolute Gasteiger partial charge is 0.410 e. The van der Waals surface area contributed by atoms with Gasteiger partial charge in [0.15, 0.2) is 0 Å². The fraction of sp³-hybridized carbons (Fsp3) is 0.448. The van der Waals surface area contributed by atoms with Crippen LogP contribution in [0.1, 0.15) is 58.6 Å². The molecule has 3 rings (SSSR count). The number of anilines is 1. The van der Waals surface area contributed by atoms with Gasteiger partial charge < -0.3 is 19.3 Å². The van der Waals surface area contributed by atoms with Gasteiger partial charge in [-0.1, -0.05) is 24.3 Å². The number of piperidine rings is 1. The average Bonchev–Trinajstić information content (AvgIpc) is 2.82. The van der Waals surface area contributed by atoms with Gasteiger partial charge >= 0.3 is 6.09 Å². The summed E-state index contributed by atoms with van der Waals surface area (Å²) in [7, 11) is 0. The molecule has 1 aliphatic rings. The van der Waals surface area contributed by atoms with Crippen molar-refractivity contribution in [3.05, 3.63) is 65.7 Å². The highest BCUT2D eigenvalue weighted by molar-refractivity contribution is 5.68. The Bertz CT molecular complexity index is 1040. The quantitative estimate of drug-likeness (QED) is 0.472. The van der Waals surface area contributed by atoms with Crippen molar-refractivity contribution in [2.24, 2.45) is 0 Å². The summed E-state index contributed by atoms with van der Waals surface area (Å²) < 4.78 is 11.7. The maximum atomic E-state index is 12.3. The van der Waals surface area contributed by atoms with Crippen molar-refractivity contribution in [1.29, 1.82) is 5.26 Å².